The minimum absolute atomic E-state index is 0.00885. The van der Waals surface area contributed by atoms with Crippen molar-refractivity contribution in [1.82, 2.24) is 19.7 Å². The Morgan fingerprint density at radius 1 is 1.00 bits per heavy atom. The number of pyridine rings is 1. The Kier molecular flexibility index (Phi) is 7.77. The van der Waals surface area contributed by atoms with Crippen molar-refractivity contribution >= 4 is 11.8 Å². The third kappa shape index (κ3) is 5.86. The van der Waals surface area contributed by atoms with Crippen LogP contribution in [0.2, 0.25) is 0 Å². The van der Waals surface area contributed by atoms with Gasteiger partial charge in [0.15, 0.2) is 0 Å². The molecule has 1 aliphatic carbocycles. The van der Waals surface area contributed by atoms with Gasteiger partial charge in [-0.15, -0.1) is 0 Å². The fraction of sp³-hybridized carbons (Fsp3) is 0.581. The number of aromatic nitrogens is 1. The summed E-state index contributed by atoms with van der Waals surface area (Å²) in [4.78, 5) is 37.3. The third-order valence-corrected chi connectivity index (χ3v) is 9.28. The number of carbonyl (C=O) groups is 2. The lowest BCUT2D eigenvalue weighted by molar-refractivity contribution is -0.163. The van der Waals surface area contributed by atoms with Crippen molar-refractivity contribution in [3.05, 3.63) is 65.0 Å². The van der Waals surface area contributed by atoms with Crippen molar-refractivity contribution in [3.63, 3.8) is 0 Å². The Bertz CT molecular complexity index is 1160. The monoisotopic (exact) mass is 538 g/mol. The number of halogens is 2. The molecule has 3 aliphatic rings. The molecule has 2 aromatic rings. The fourth-order valence-corrected chi connectivity index (χ4v) is 6.64. The van der Waals surface area contributed by atoms with E-state index >= 15 is 0 Å². The summed E-state index contributed by atoms with van der Waals surface area (Å²) >= 11 is 0. The van der Waals surface area contributed by atoms with Gasteiger partial charge in [0.05, 0.1) is 11.3 Å². The van der Waals surface area contributed by atoms with Crippen LogP contribution in [0, 0.1) is 19.8 Å². The molecule has 2 amide bonds. The molecule has 5 rings (SSSR count). The molecule has 6 nitrogen and oxygen atoms in total. The number of rotatable bonds is 6. The average molecular weight is 539 g/mol. The molecule has 1 aromatic heterocycles. The zero-order valence-corrected chi connectivity index (χ0v) is 23.3. The Morgan fingerprint density at radius 3 is 2.23 bits per heavy atom. The van der Waals surface area contributed by atoms with E-state index in [9.17, 15) is 18.4 Å². The summed E-state index contributed by atoms with van der Waals surface area (Å²) in [5.74, 6) is -3.34. The fourth-order valence-electron chi connectivity index (χ4n) is 6.64. The number of hydrogen-bond acceptors (Lipinski definition) is 4. The lowest BCUT2D eigenvalue weighted by atomic mass is 9.79. The Balaban J connectivity index is 1.20. The molecule has 1 saturated carbocycles. The minimum atomic E-state index is -2.71. The minimum Gasteiger partial charge on any atom is -0.338 e. The number of aryl methyl sites for hydroxylation is 2. The molecular weight excluding hydrogens is 498 g/mol. The molecule has 1 aromatic carbocycles. The number of benzene rings is 1. The smallest absolute Gasteiger partial charge is 0.255 e. The number of nitrogens with zero attached hydrogens (tertiary/aromatic N) is 4. The zero-order chi connectivity index (χ0) is 27.8. The van der Waals surface area contributed by atoms with Gasteiger partial charge in [0.25, 0.3) is 5.91 Å². The predicted octanol–water partition coefficient (Wildman–Crippen LogP) is 5.23. The highest BCUT2D eigenvalue weighted by atomic mass is 19.3. The summed E-state index contributed by atoms with van der Waals surface area (Å²) in [6.45, 7) is 9.73. The van der Waals surface area contributed by atoms with Crippen LogP contribution in [0.4, 0.5) is 8.78 Å². The van der Waals surface area contributed by atoms with E-state index < -0.39 is 11.8 Å². The predicted molar refractivity (Wildman–Crippen MR) is 147 cm³/mol. The van der Waals surface area contributed by atoms with Gasteiger partial charge in [-0.1, -0.05) is 30.3 Å². The average Bonchev–Trinajstić information content (AvgIpc) is 2.91. The highest BCUT2D eigenvalue weighted by Gasteiger charge is 2.50. The van der Waals surface area contributed by atoms with Crippen LogP contribution in [0.1, 0.15) is 72.6 Å². The summed E-state index contributed by atoms with van der Waals surface area (Å²) in [5.41, 5.74) is 3.47. The van der Waals surface area contributed by atoms with Gasteiger partial charge in [-0.05, 0) is 63.6 Å². The SMILES string of the molecule is Cc1ccnc(C)c1C(=O)N1CCC(C)(N2CCC(N(Cc3ccccc3)C(=O)C3CC(F)(F)C3)CC2)CC1. The van der Waals surface area contributed by atoms with E-state index in [-0.39, 0.29) is 36.2 Å². The van der Waals surface area contributed by atoms with Crippen LogP contribution in [0.3, 0.4) is 0 Å². The molecule has 0 radical (unpaired) electrons. The first-order valence-corrected chi connectivity index (χ1v) is 14.3. The number of likely N-dealkylation sites (tertiary alicyclic amines) is 2. The van der Waals surface area contributed by atoms with Gasteiger partial charge in [-0.25, -0.2) is 8.78 Å². The Morgan fingerprint density at radius 2 is 1.64 bits per heavy atom. The first-order chi connectivity index (χ1) is 18.6. The van der Waals surface area contributed by atoms with Gasteiger partial charge in [-0.2, -0.15) is 0 Å². The van der Waals surface area contributed by atoms with Crippen LogP contribution in [-0.4, -0.2) is 75.2 Å². The van der Waals surface area contributed by atoms with E-state index in [1.807, 2.05) is 60.0 Å². The molecule has 0 bridgehead atoms. The summed E-state index contributed by atoms with van der Waals surface area (Å²) in [6, 6.07) is 11.8. The van der Waals surface area contributed by atoms with E-state index in [2.05, 4.69) is 16.8 Å². The summed E-state index contributed by atoms with van der Waals surface area (Å²) in [5, 5.41) is 0. The van der Waals surface area contributed by atoms with Crippen molar-refractivity contribution in [2.45, 2.75) is 83.3 Å². The lowest BCUT2D eigenvalue weighted by Crippen LogP contribution is -2.59. The van der Waals surface area contributed by atoms with Gasteiger partial charge in [-0.3, -0.25) is 19.5 Å². The second kappa shape index (κ2) is 11.0. The lowest BCUT2D eigenvalue weighted by Gasteiger charge is -2.50. The summed E-state index contributed by atoms with van der Waals surface area (Å²) < 4.78 is 27.2. The Labute approximate surface area is 230 Å². The van der Waals surface area contributed by atoms with E-state index in [1.165, 1.54) is 0 Å². The van der Waals surface area contributed by atoms with Crippen LogP contribution in [-0.2, 0) is 11.3 Å². The van der Waals surface area contributed by atoms with Crippen molar-refractivity contribution in [2.75, 3.05) is 26.2 Å². The third-order valence-electron chi connectivity index (χ3n) is 9.28. The zero-order valence-electron chi connectivity index (χ0n) is 23.3. The quantitative estimate of drug-likeness (QED) is 0.505. The molecule has 39 heavy (non-hydrogen) atoms. The maximum atomic E-state index is 13.6. The Hall–Kier alpha value is -2.87. The molecule has 2 saturated heterocycles. The summed E-state index contributed by atoms with van der Waals surface area (Å²) in [7, 11) is 0. The van der Waals surface area contributed by atoms with E-state index in [0.717, 1.165) is 55.6 Å². The molecule has 3 heterocycles. The van der Waals surface area contributed by atoms with E-state index in [0.29, 0.717) is 25.2 Å². The molecule has 0 N–H and O–H groups in total. The number of carbonyl (C=O) groups excluding carboxylic acids is 2. The molecule has 210 valence electrons. The van der Waals surface area contributed by atoms with E-state index in [1.54, 1.807) is 6.20 Å². The largest absolute Gasteiger partial charge is 0.338 e. The molecular formula is C31H40F2N4O2. The van der Waals surface area contributed by atoms with Crippen molar-refractivity contribution in [1.29, 1.82) is 0 Å². The number of piperidine rings is 2. The molecule has 0 unspecified atom stereocenters. The number of amides is 2. The normalized spacial score (nSPS) is 21.8. The summed E-state index contributed by atoms with van der Waals surface area (Å²) in [6.07, 6.45) is 4.52. The molecule has 8 heteroatoms. The van der Waals surface area contributed by atoms with Crippen molar-refractivity contribution in [2.24, 2.45) is 5.92 Å². The van der Waals surface area contributed by atoms with Gasteiger partial charge in [0.2, 0.25) is 11.8 Å². The first kappa shape index (κ1) is 27.7. The second-order valence-electron chi connectivity index (χ2n) is 12.0. The van der Waals surface area contributed by atoms with Crippen LogP contribution >= 0.6 is 0 Å². The first-order valence-electron chi connectivity index (χ1n) is 14.3. The van der Waals surface area contributed by atoms with Gasteiger partial charge >= 0.3 is 0 Å². The molecule has 0 atom stereocenters. The maximum absolute atomic E-state index is 13.6. The number of hydrogen-bond donors (Lipinski definition) is 0. The maximum Gasteiger partial charge on any atom is 0.255 e. The van der Waals surface area contributed by atoms with E-state index in [4.69, 9.17) is 0 Å². The topological polar surface area (TPSA) is 56.8 Å². The van der Waals surface area contributed by atoms with Gasteiger partial charge in [0.1, 0.15) is 0 Å². The van der Waals surface area contributed by atoms with Crippen LogP contribution in [0.5, 0.6) is 0 Å². The highest BCUT2D eigenvalue weighted by molar-refractivity contribution is 5.96. The second-order valence-corrected chi connectivity index (χ2v) is 12.0. The molecule has 2 aliphatic heterocycles. The van der Waals surface area contributed by atoms with Gasteiger partial charge in [0, 0.05) is 69.3 Å². The van der Waals surface area contributed by atoms with Crippen LogP contribution in [0.15, 0.2) is 42.6 Å². The van der Waals surface area contributed by atoms with Crippen LogP contribution in [0.25, 0.3) is 0 Å². The molecule has 3 fully saturated rings. The van der Waals surface area contributed by atoms with Crippen molar-refractivity contribution in [3.8, 4) is 0 Å². The molecule has 0 spiro atoms. The van der Waals surface area contributed by atoms with Gasteiger partial charge < -0.3 is 9.80 Å². The van der Waals surface area contributed by atoms with Crippen molar-refractivity contribution < 1.29 is 18.4 Å². The number of alkyl halides is 2. The standard InChI is InChI=1S/C31H40F2N4O2/c1-22-9-14-34-23(2)27(22)29(39)35-17-12-30(3,13-18-35)36-15-10-26(11-16-36)37(21-24-7-5-4-6-8-24)28(38)25-19-31(32,33)20-25/h4-9,14,25-26H,10-13,15-21H2,1-3H3. The highest BCUT2D eigenvalue weighted by Crippen LogP contribution is 2.44. The van der Waals surface area contributed by atoms with Crippen LogP contribution < -0.4 is 0 Å².